The molecule has 0 saturated heterocycles. The lowest BCUT2D eigenvalue weighted by atomic mass is 10.0. The smallest absolute Gasteiger partial charge is 0.328 e. The number of halogens is 1. The molecule has 0 bridgehead atoms. The molecule has 3 N–H and O–H groups in total. The van der Waals surface area contributed by atoms with E-state index in [1.807, 2.05) is 13.8 Å². The van der Waals surface area contributed by atoms with E-state index >= 15 is 0 Å². The van der Waals surface area contributed by atoms with Crippen LogP contribution in [-0.2, 0) is 9.53 Å². The van der Waals surface area contributed by atoms with Crippen LogP contribution in [0.2, 0.25) is 5.15 Å². The first-order valence-electron chi connectivity index (χ1n) is 5.22. The van der Waals surface area contributed by atoms with Gasteiger partial charge in [-0.15, -0.1) is 0 Å². The molecule has 1 rings (SSSR count). The van der Waals surface area contributed by atoms with Crippen LogP contribution < -0.4 is 11.1 Å². The second-order valence-electron chi connectivity index (χ2n) is 3.96. The van der Waals surface area contributed by atoms with Crippen LogP contribution in [-0.4, -0.2) is 24.1 Å². The number of nitrogen functional groups attached to an aromatic ring is 1. The van der Waals surface area contributed by atoms with Crippen molar-refractivity contribution in [2.75, 3.05) is 18.2 Å². The Kier molecular flexibility index (Phi) is 4.57. The van der Waals surface area contributed by atoms with Crippen LogP contribution in [0.5, 0.6) is 0 Å². The topological polar surface area (TPSA) is 77.2 Å². The first-order valence-corrected chi connectivity index (χ1v) is 5.60. The van der Waals surface area contributed by atoms with E-state index in [-0.39, 0.29) is 11.9 Å². The van der Waals surface area contributed by atoms with Crippen LogP contribution >= 0.6 is 11.6 Å². The summed E-state index contributed by atoms with van der Waals surface area (Å²) >= 11 is 5.77. The van der Waals surface area contributed by atoms with E-state index in [2.05, 4.69) is 10.3 Å². The van der Waals surface area contributed by atoms with Crippen LogP contribution in [0.4, 0.5) is 11.5 Å². The fourth-order valence-electron chi connectivity index (χ4n) is 1.33. The third kappa shape index (κ3) is 3.49. The summed E-state index contributed by atoms with van der Waals surface area (Å²) in [6.07, 6.45) is 0. The molecule has 1 aromatic heterocycles. The largest absolute Gasteiger partial charge is 0.467 e. The summed E-state index contributed by atoms with van der Waals surface area (Å²) in [5, 5.41) is 3.26. The fraction of sp³-hybridized carbons (Fsp3) is 0.455. The van der Waals surface area contributed by atoms with Gasteiger partial charge in [0.25, 0.3) is 0 Å². The Labute approximate surface area is 105 Å². The van der Waals surface area contributed by atoms with E-state index < -0.39 is 6.04 Å². The van der Waals surface area contributed by atoms with E-state index in [9.17, 15) is 4.79 Å². The number of hydrogen-bond donors (Lipinski definition) is 2. The number of rotatable bonds is 4. The Hall–Kier alpha value is -1.49. The van der Waals surface area contributed by atoms with E-state index in [0.29, 0.717) is 16.7 Å². The van der Waals surface area contributed by atoms with E-state index in [1.165, 1.54) is 7.11 Å². The maximum Gasteiger partial charge on any atom is 0.328 e. The zero-order chi connectivity index (χ0) is 13.0. The van der Waals surface area contributed by atoms with Crippen molar-refractivity contribution in [1.29, 1.82) is 0 Å². The van der Waals surface area contributed by atoms with Crippen molar-refractivity contribution in [2.24, 2.45) is 5.92 Å². The lowest BCUT2D eigenvalue weighted by Gasteiger charge is -2.21. The molecular formula is C11H16ClN3O2. The van der Waals surface area contributed by atoms with Crippen LogP contribution in [0.1, 0.15) is 13.8 Å². The highest BCUT2D eigenvalue weighted by atomic mass is 35.5. The Morgan fingerprint density at radius 3 is 2.71 bits per heavy atom. The molecule has 1 heterocycles. The number of esters is 1. The lowest BCUT2D eigenvalue weighted by Crippen LogP contribution is -2.36. The van der Waals surface area contributed by atoms with E-state index in [0.717, 1.165) is 0 Å². The van der Waals surface area contributed by atoms with Gasteiger partial charge in [0.2, 0.25) is 0 Å². The number of methoxy groups -OCH3 is 1. The number of aromatic nitrogens is 1. The Morgan fingerprint density at radius 2 is 2.18 bits per heavy atom. The number of nitrogens with one attached hydrogen (secondary N) is 1. The summed E-state index contributed by atoms with van der Waals surface area (Å²) in [7, 11) is 1.34. The van der Waals surface area contributed by atoms with Gasteiger partial charge in [-0.3, -0.25) is 0 Å². The highest BCUT2D eigenvalue weighted by Crippen LogP contribution is 2.21. The molecule has 0 radical (unpaired) electrons. The molecule has 0 aliphatic heterocycles. The van der Waals surface area contributed by atoms with Crippen molar-refractivity contribution in [3.63, 3.8) is 0 Å². The van der Waals surface area contributed by atoms with E-state index in [1.54, 1.807) is 12.1 Å². The summed E-state index contributed by atoms with van der Waals surface area (Å²) < 4.78 is 4.71. The van der Waals surface area contributed by atoms with Crippen molar-refractivity contribution in [1.82, 2.24) is 4.98 Å². The third-order valence-electron chi connectivity index (χ3n) is 2.31. The first kappa shape index (κ1) is 13.6. The summed E-state index contributed by atoms with van der Waals surface area (Å²) in [5.41, 5.74) is 6.18. The fourth-order valence-corrected chi connectivity index (χ4v) is 1.48. The lowest BCUT2D eigenvalue weighted by molar-refractivity contribution is -0.142. The molecule has 1 unspecified atom stereocenters. The highest BCUT2D eigenvalue weighted by molar-refractivity contribution is 6.29. The van der Waals surface area contributed by atoms with Gasteiger partial charge >= 0.3 is 5.97 Å². The summed E-state index contributed by atoms with van der Waals surface area (Å²) in [4.78, 5) is 15.6. The molecule has 1 atom stereocenters. The van der Waals surface area contributed by atoms with Crippen LogP contribution in [0.3, 0.4) is 0 Å². The van der Waals surface area contributed by atoms with E-state index in [4.69, 9.17) is 22.1 Å². The number of pyridine rings is 1. The van der Waals surface area contributed by atoms with Crippen molar-refractivity contribution in [3.05, 3.63) is 17.3 Å². The molecule has 0 fully saturated rings. The monoisotopic (exact) mass is 257 g/mol. The second-order valence-corrected chi connectivity index (χ2v) is 4.35. The molecule has 5 nitrogen and oxygen atoms in total. The van der Waals surface area contributed by atoms with Gasteiger partial charge in [0.15, 0.2) is 5.82 Å². The second kappa shape index (κ2) is 5.72. The number of carbonyl (C=O) groups excluding carboxylic acids is 1. The number of nitrogens with zero attached hydrogens (tertiary/aromatic N) is 1. The molecular weight excluding hydrogens is 242 g/mol. The molecule has 1 aromatic rings. The zero-order valence-corrected chi connectivity index (χ0v) is 10.8. The zero-order valence-electron chi connectivity index (χ0n) is 10.0. The first-order chi connectivity index (χ1) is 7.95. The van der Waals surface area contributed by atoms with Gasteiger partial charge < -0.3 is 15.8 Å². The average molecular weight is 258 g/mol. The van der Waals surface area contributed by atoms with Gasteiger partial charge in [-0.1, -0.05) is 25.4 Å². The normalized spacial score (nSPS) is 12.3. The molecule has 94 valence electrons. The molecule has 0 amide bonds. The average Bonchev–Trinajstić information content (AvgIpc) is 2.28. The summed E-state index contributed by atoms with van der Waals surface area (Å²) in [6.45, 7) is 3.80. The minimum Gasteiger partial charge on any atom is -0.467 e. The van der Waals surface area contributed by atoms with Gasteiger partial charge in [-0.05, 0) is 18.1 Å². The van der Waals surface area contributed by atoms with Gasteiger partial charge in [0.1, 0.15) is 11.2 Å². The molecule has 0 aliphatic rings. The highest BCUT2D eigenvalue weighted by Gasteiger charge is 2.23. The number of carbonyl (C=O) groups is 1. The van der Waals surface area contributed by atoms with Crippen molar-refractivity contribution in [2.45, 2.75) is 19.9 Å². The maximum atomic E-state index is 11.6. The molecule has 0 aromatic carbocycles. The molecule has 17 heavy (non-hydrogen) atoms. The molecule has 0 aliphatic carbocycles. The number of anilines is 2. The van der Waals surface area contributed by atoms with Gasteiger partial charge in [-0.25, -0.2) is 9.78 Å². The predicted molar refractivity (Wildman–Crippen MR) is 67.9 cm³/mol. The van der Waals surface area contributed by atoms with Crippen molar-refractivity contribution in [3.8, 4) is 0 Å². The predicted octanol–water partition coefficient (Wildman–Crippen LogP) is 1.93. The van der Waals surface area contributed by atoms with Gasteiger partial charge in [0.05, 0.1) is 12.8 Å². The SMILES string of the molecule is COC(=O)C(Nc1nc(Cl)ccc1N)C(C)C. The Bertz CT molecular complexity index is 410. The quantitative estimate of drug-likeness (QED) is 0.637. The number of ether oxygens (including phenoxy) is 1. The summed E-state index contributed by atoms with van der Waals surface area (Å²) in [5.74, 6) is 0.0745. The molecule has 0 spiro atoms. The van der Waals surface area contributed by atoms with Gasteiger partial charge in [0, 0.05) is 0 Å². The molecule has 6 heteroatoms. The number of nitrogens with two attached hydrogens (primary N) is 1. The summed E-state index contributed by atoms with van der Waals surface area (Å²) in [6, 6.07) is 2.71. The minimum atomic E-state index is -0.506. The maximum absolute atomic E-state index is 11.6. The third-order valence-corrected chi connectivity index (χ3v) is 2.52. The number of hydrogen-bond acceptors (Lipinski definition) is 5. The van der Waals surface area contributed by atoms with Crippen LogP contribution in [0.25, 0.3) is 0 Å². The van der Waals surface area contributed by atoms with Crippen molar-refractivity contribution >= 4 is 29.1 Å². The standard InChI is InChI=1S/C11H16ClN3O2/c1-6(2)9(11(16)17-3)15-10-7(13)4-5-8(12)14-10/h4-6,9H,13H2,1-3H3,(H,14,15). The van der Waals surface area contributed by atoms with Crippen LogP contribution in [0.15, 0.2) is 12.1 Å². The minimum absolute atomic E-state index is 0.0441. The van der Waals surface area contributed by atoms with Gasteiger partial charge in [-0.2, -0.15) is 0 Å². The van der Waals surface area contributed by atoms with Crippen molar-refractivity contribution < 1.29 is 9.53 Å². The van der Waals surface area contributed by atoms with Crippen LogP contribution in [0, 0.1) is 5.92 Å². The Morgan fingerprint density at radius 1 is 1.53 bits per heavy atom. The molecule has 0 saturated carbocycles. The Balaban J connectivity index is 2.93.